The van der Waals surface area contributed by atoms with E-state index in [1.165, 1.54) is 61.3 Å². The molecule has 5 heteroatoms. The van der Waals surface area contributed by atoms with E-state index in [2.05, 4.69) is 120 Å². The maximum absolute atomic E-state index is 9.44. The van der Waals surface area contributed by atoms with Crippen molar-refractivity contribution in [1.82, 2.24) is 19.5 Å². The zero-order valence-electron chi connectivity index (χ0n) is 31.7. The van der Waals surface area contributed by atoms with Crippen LogP contribution >= 0.6 is 0 Å². The molecule has 0 spiro atoms. The average Bonchev–Trinajstić information content (AvgIpc) is 3.79. The SMILES string of the molecule is CCCC1(c2ccc(-c3cc(-c4cccc(-c5ccc6c7ccccc7n(-c7ccc(C#N)cc7)c6c5)c4)nc(-c4cccnc4)n3)cc2)C[C@@H]2CC[C@@H](C2)C1. The van der Waals surface area contributed by atoms with Gasteiger partial charge in [-0.3, -0.25) is 4.98 Å². The monoisotopic (exact) mass is 725 g/mol. The van der Waals surface area contributed by atoms with E-state index >= 15 is 0 Å². The van der Waals surface area contributed by atoms with E-state index in [9.17, 15) is 5.26 Å². The second-order valence-corrected chi connectivity index (χ2v) is 16.1. The number of hydrogen-bond donors (Lipinski definition) is 0. The van der Waals surface area contributed by atoms with Crippen molar-refractivity contribution in [2.24, 2.45) is 11.8 Å². The second kappa shape index (κ2) is 14.0. The molecule has 1 unspecified atom stereocenters. The van der Waals surface area contributed by atoms with E-state index in [0.717, 1.165) is 67.8 Å². The topological polar surface area (TPSA) is 67.4 Å². The van der Waals surface area contributed by atoms with Crippen LogP contribution in [-0.2, 0) is 5.41 Å². The second-order valence-electron chi connectivity index (χ2n) is 16.1. The maximum atomic E-state index is 9.44. The Labute approximate surface area is 328 Å². The van der Waals surface area contributed by atoms with E-state index in [1.807, 2.05) is 42.6 Å². The summed E-state index contributed by atoms with van der Waals surface area (Å²) < 4.78 is 2.30. The van der Waals surface area contributed by atoms with Crippen LogP contribution in [0.3, 0.4) is 0 Å². The molecule has 2 fully saturated rings. The first kappa shape index (κ1) is 34.1. The molecule has 3 heterocycles. The molecule has 3 atom stereocenters. The molecule has 272 valence electrons. The molecular weight excluding hydrogens is 683 g/mol. The number of fused-ring (bicyclic) bond motifs is 5. The van der Waals surface area contributed by atoms with Crippen LogP contribution in [0.25, 0.3) is 72.5 Å². The highest BCUT2D eigenvalue weighted by Crippen LogP contribution is 2.54. The van der Waals surface area contributed by atoms with E-state index in [-0.39, 0.29) is 0 Å². The minimum absolute atomic E-state index is 0.300. The lowest BCUT2D eigenvalue weighted by Crippen LogP contribution is -2.33. The van der Waals surface area contributed by atoms with Crippen molar-refractivity contribution < 1.29 is 0 Å². The summed E-state index contributed by atoms with van der Waals surface area (Å²) in [6, 6.07) is 49.5. The number of benzene rings is 5. The molecule has 5 nitrogen and oxygen atoms in total. The van der Waals surface area contributed by atoms with Crippen molar-refractivity contribution in [1.29, 1.82) is 5.26 Å². The minimum atomic E-state index is 0.300. The van der Waals surface area contributed by atoms with Gasteiger partial charge < -0.3 is 4.57 Å². The predicted molar refractivity (Wildman–Crippen MR) is 227 cm³/mol. The first-order chi connectivity index (χ1) is 27.6. The largest absolute Gasteiger partial charge is 0.309 e. The molecule has 0 saturated heterocycles. The van der Waals surface area contributed by atoms with E-state index in [0.29, 0.717) is 16.8 Å². The van der Waals surface area contributed by atoms with Gasteiger partial charge in [-0.25, -0.2) is 9.97 Å². The zero-order valence-corrected chi connectivity index (χ0v) is 31.7. The first-order valence-corrected chi connectivity index (χ1v) is 20.1. The third-order valence-electron chi connectivity index (χ3n) is 12.6. The molecule has 2 aliphatic rings. The molecular formula is C51H43N5. The van der Waals surface area contributed by atoms with Crippen molar-refractivity contribution in [3.63, 3.8) is 0 Å². The molecule has 3 aromatic heterocycles. The first-order valence-electron chi connectivity index (χ1n) is 20.1. The van der Waals surface area contributed by atoms with Crippen molar-refractivity contribution in [2.45, 2.75) is 57.3 Å². The summed E-state index contributed by atoms with van der Waals surface area (Å²) in [5.41, 5.74) is 12.8. The third kappa shape index (κ3) is 6.07. The van der Waals surface area contributed by atoms with Crippen LogP contribution in [0.4, 0.5) is 0 Å². The van der Waals surface area contributed by atoms with Crippen LogP contribution in [-0.4, -0.2) is 19.5 Å². The number of nitrogens with zero attached hydrogens (tertiary/aromatic N) is 5. The summed E-state index contributed by atoms with van der Waals surface area (Å²) in [5.74, 6) is 2.44. The molecule has 8 aromatic rings. The fourth-order valence-corrected chi connectivity index (χ4v) is 10.1. The van der Waals surface area contributed by atoms with E-state index in [1.54, 1.807) is 6.20 Å². The van der Waals surface area contributed by atoms with Gasteiger partial charge in [0.25, 0.3) is 0 Å². The Kier molecular flexibility index (Phi) is 8.56. The van der Waals surface area contributed by atoms with Gasteiger partial charge in [-0.05, 0) is 120 Å². The van der Waals surface area contributed by atoms with Crippen molar-refractivity contribution in [3.8, 4) is 56.8 Å². The predicted octanol–water partition coefficient (Wildman–Crippen LogP) is 12.8. The Bertz CT molecular complexity index is 2740. The lowest BCUT2D eigenvalue weighted by atomic mass is 9.63. The smallest absolute Gasteiger partial charge is 0.161 e. The number of rotatable bonds is 8. The van der Waals surface area contributed by atoms with Crippen LogP contribution in [0.1, 0.15) is 63.0 Å². The molecule has 0 radical (unpaired) electrons. The highest BCUT2D eigenvalue weighted by Gasteiger charge is 2.44. The van der Waals surface area contributed by atoms with Gasteiger partial charge in [-0.2, -0.15) is 5.26 Å². The van der Waals surface area contributed by atoms with E-state index < -0.39 is 0 Å². The minimum Gasteiger partial charge on any atom is -0.309 e. The molecule has 2 bridgehead atoms. The normalized spacial score (nSPS) is 19.0. The Hall–Kier alpha value is -6.38. The molecule has 0 amide bonds. The Balaban J connectivity index is 1.05. The van der Waals surface area contributed by atoms with Gasteiger partial charge in [0.2, 0.25) is 0 Å². The number of nitriles is 1. The fraction of sp³-hybridized carbons (Fsp3) is 0.216. The molecule has 10 rings (SSSR count). The summed E-state index contributed by atoms with van der Waals surface area (Å²) in [7, 11) is 0. The number of para-hydroxylation sites is 1. The molecule has 0 aliphatic heterocycles. The van der Waals surface area contributed by atoms with Gasteiger partial charge in [0.1, 0.15) is 0 Å². The summed E-state index contributed by atoms with van der Waals surface area (Å²) in [4.78, 5) is 14.7. The lowest BCUT2D eigenvalue weighted by molar-refractivity contribution is 0.199. The van der Waals surface area contributed by atoms with Gasteiger partial charge in [0, 0.05) is 45.5 Å². The van der Waals surface area contributed by atoms with Crippen LogP contribution in [0.5, 0.6) is 0 Å². The summed E-state index contributed by atoms with van der Waals surface area (Å²) in [5, 5.41) is 11.8. The van der Waals surface area contributed by atoms with Gasteiger partial charge in [0.05, 0.1) is 34.1 Å². The van der Waals surface area contributed by atoms with Crippen molar-refractivity contribution >= 4 is 21.8 Å². The molecule has 2 aliphatic carbocycles. The standard InChI is InChI=1S/C51H43N5/c1-2-24-51(30-35-12-13-36(26-35)31-51)42-19-16-37(17-20-42)46-29-47(55-50(54-46)41-9-6-25-53-33-41)40-8-5-7-38(27-40)39-18-23-45-44-10-3-4-11-48(44)56(49(45)28-39)43-21-14-34(32-52)15-22-43/h3-11,14-23,25,27-29,33,35-36H,2,12-13,24,26,30-31H2,1H3/t35-,36+,51?. The highest BCUT2D eigenvalue weighted by molar-refractivity contribution is 6.10. The lowest BCUT2D eigenvalue weighted by Gasteiger charge is -2.41. The van der Waals surface area contributed by atoms with Crippen molar-refractivity contribution in [3.05, 3.63) is 157 Å². The third-order valence-corrected chi connectivity index (χ3v) is 12.6. The number of aromatic nitrogens is 4. The Morgan fingerprint density at radius 2 is 1.36 bits per heavy atom. The van der Waals surface area contributed by atoms with Crippen LogP contribution < -0.4 is 0 Å². The van der Waals surface area contributed by atoms with Gasteiger partial charge in [0.15, 0.2) is 5.82 Å². The van der Waals surface area contributed by atoms with Crippen LogP contribution in [0, 0.1) is 23.2 Å². The zero-order chi connectivity index (χ0) is 37.6. The van der Waals surface area contributed by atoms with Gasteiger partial charge in [-0.15, -0.1) is 0 Å². The van der Waals surface area contributed by atoms with Crippen molar-refractivity contribution in [2.75, 3.05) is 0 Å². The summed E-state index contributed by atoms with van der Waals surface area (Å²) in [6.07, 6.45) is 13.0. The highest BCUT2D eigenvalue weighted by atomic mass is 15.0. The fourth-order valence-electron chi connectivity index (χ4n) is 10.1. The maximum Gasteiger partial charge on any atom is 0.161 e. The molecule has 56 heavy (non-hydrogen) atoms. The van der Waals surface area contributed by atoms with Gasteiger partial charge in [-0.1, -0.05) is 99.0 Å². The molecule has 2 saturated carbocycles. The molecule has 0 N–H and O–H groups in total. The number of hydrogen-bond acceptors (Lipinski definition) is 4. The Morgan fingerprint density at radius 1 is 0.661 bits per heavy atom. The van der Waals surface area contributed by atoms with Crippen LogP contribution in [0.2, 0.25) is 0 Å². The summed E-state index contributed by atoms with van der Waals surface area (Å²) >= 11 is 0. The number of pyridine rings is 1. The Morgan fingerprint density at radius 3 is 2.11 bits per heavy atom. The van der Waals surface area contributed by atoms with E-state index in [4.69, 9.17) is 9.97 Å². The summed E-state index contributed by atoms with van der Waals surface area (Å²) in [6.45, 7) is 2.35. The van der Waals surface area contributed by atoms with Crippen LogP contribution in [0.15, 0.2) is 146 Å². The molecule has 5 aromatic carbocycles. The quantitative estimate of drug-likeness (QED) is 0.156. The average molecular weight is 726 g/mol. The van der Waals surface area contributed by atoms with Gasteiger partial charge >= 0.3 is 0 Å².